The number of hydrogen-bond acceptors (Lipinski definition) is 7. The van der Waals surface area contributed by atoms with Crippen LogP contribution in [0.25, 0.3) is 0 Å². The molecule has 2 atom stereocenters. The molecule has 2 aliphatic heterocycles. The van der Waals surface area contributed by atoms with E-state index >= 15 is 0 Å². The first-order chi connectivity index (χ1) is 18.0. The molecule has 5 heterocycles. The lowest BCUT2D eigenvalue weighted by Gasteiger charge is -2.34. The van der Waals surface area contributed by atoms with Gasteiger partial charge >= 0.3 is 0 Å². The molecular formula is C29H35BrN6OS. The van der Waals surface area contributed by atoms with Crippen molar-refractivity contribution in [3.05, 3.63) is 70.1 Å². The second-order valence-corrected chi connectivity index (χ2v) is 13.5. The minimum Gasteiger partial charge on any atom is -0.362 e. The Morgan fingerprint density at radius 2 is 1.82 bits per heavy atom. The molecule has 1 saturated heterocycles. The van der Waals surface area contributed by atoms with Crippen molar-refractivity contribution in [2.45, 2.75) is 75.9 Å². The van der Waals surface area contributed by atoms with E-state index in [0.717, 1.165) is 53.4 Å². The minimum atomic E-state index is -0.163. The molecule has 2 aliphatic rings. The van der Waals surface area contributed by atoms with E-state index in [1.165, 1.54) is 11.9 Å². The molecule has 7 nitrogen and oxygen atoms in total. The van der Waals surface area contributed by atoms with E-state index in [0.29, 0.717) is 16.5 Å². The van der Waals surface area contributed by atoms with Crippen molar-refractivity contribution < 1.29 is 4.79 Å². The van der Waals surface area contributed by atoms with Gasteiger partial charge in [-0.25, -0.2) is 15.0 Å². The molecule has 200 valence electrons. The Balaban J connectivity index is 1.56. The quantitative estimate of drug-likeness (QED) is 0.233. The molecule has 0 aromatic carbocycles. The lowest BCUT2D eigenvalue weighted by Crippen LogP contribution is -2.40. The van der Waals surface area contributed by atoms with Crippen LogP contribution in [-0.4, -0.2) is 32.9 Å². The van der Waals surface area contributed by atoms with Crippen molar-refractivity contribution in [3.63, 3.8) is 0 Å². The number of carbonyl (C=O) groups excluding carboxylic acids is 1. The number of fused-ring (bicyclic) bond motifs is 6. The monoisotopic (exact) mass is 594 g/mol. The number of carbonyl (C=O) groups is 1. The number of pyridine rings is 3. The Morgan fingerprint density at radius 3 is 2.58 bits per heavy atom. The van der Waals surface area contributed by atoms with Gasteiger partial charge in [-0.1, -0.05) is 32.9 Å². The van der Waals surface area contributed by atoms with Crippen molar-refractivity contribution in [1.29, 1.82) is 0 Å². The highest BCUT2D eigenvalue weighted by Gasteiger charge is 2.41. The Labute approximate surface area is 237 Å². The van der Waals surface area contributed by atoms with Crippen LogP contribution < -0.4 is 14.9 Å². The third-order valence-corrected chi connectivity index (χ3v) is 8.52. The molecule has 1 amide bonds. The van der Waals surface area contributed by atoms with Gasteiger partial charge in [-0.2, -0.15) is 0 Å². The molecule has 38 heavy (non-hydrogen) atoms. The third-order valence-electron chi connectivity index (χ3n) is 7.35. The standard InChI is InChI=1S/C29H35BrN6OS/c1-28(2,3)22-15-13-19-26(33-22)36-17-18(16-29(36,4)5)12-14-21(20-8-6-9-23(30)31-20)32-24-10-7-11-25(34-24)38-35-27(19)37/h6-11,13,15,18,21H,12,14,16-17H2,1-5H3,(H,32,34)(H,35,37)/t18-,21+/m0/s1. The predicted molar refractivity (Wildman–Crippen MR) is 158 cm³/mol. The van der Waals surface area contributed by atoms with Crippen LogP contribution >= 0.6 is 27.9 Å². The number of halogens is 1. The summed E-state index contributed by atoms with van der Waals surface area (Å²) in [6, 6.07) is 15.8. The smallest absolute Gasteiger partial charge is 0.265 e. The summed E-state index contributed by atoms with van der Waals surface area (Å²) in [5.74, 6) is 1.82. The van der Waals surface area contributed by atoms with Crippen molar-refractivity contribution in [3.8, 4) is 0 Å². The highest BCUT2D eigenvalue weighted by atomic mass is 79.9. The largest absolute Gasteiger partial charge is 0.362 e. The Hall–Kier alpha value is -2.65. The Morgan fingerprint density at radius 1 is 1.03 bits per heavy atom. The molecule has 0 spiro atoms. The zero-order chi connectivity index (χ0) is 27.1. The van der Waals surface area contributed by atoms with E-state index in [1.807, 2.05) is 42.5 Å². The molecule has 3 aromatic heterocycles. The second kappa shape index (κ2) is 10.5. The molecule has 5 rings (SSSR count). The predicted octanol–water partition coefficient (Wildman–Crippen LogP) is 6.92. The van der Waals surface area contributed by atoms with Crippen molar-refractivity contribution in [1.82, 2.24) is 19.7 Å². The minimum absolute atomic E-state index is 0.00929. The van der Waals surface area contributed by atoms with E-state index in [4.69, 9.17) is 15.0 Å². The number of anilines is 2. The lowest BCUT2D eigenvalue weighted by atomic mass is 9.90. The van der Waals surface area contributed by atoms with Crippen LogP contribution in [0.4, 0.5) is 11.6 Å². The van der Waals surface area contributed by atoms with Crippen LogP contribution in [0, 0.1) is 5.92 Å². The van der Waals surface area contributed by atoms with Gasteiger partial charge in [0.1, 0.15) is 21.3 Å². The van der Waals surface area contributed by atoms with Crippen molar-refractivity contribution in [2.75, 3.05) is 16.8 Å². The summed E-state index contributed by atoms with van der Waals surface area (Å²) in [6.07, 6.45) is 2.95. The summed E-state index contributed by atoms with van der Waals surface area (Å²) in [4.78, 5) is 30.5. The first kappa shape index (κ1) is 26.9. The number of aromatic nitrogens is 3. The van der Waals surface area contributed by atoms with Gasteiger partial charge < -0.3 is 10.2 Å². The molecule has 9 heteroatoms. The van der Waals surface area contributed by atoms with Crippen LogP contribution in [0.5, 0.6) is 0 Å². The summed E-state index contributed by atoms with van der Waals surface area (Å²) in [6.45, 7) is 11.8. The second-order valence-electron chi connectivity index (χ2n) is 11.9. The normalized spacial score (nSPS) is 21.5. The molecule has 3 aromatic rings. The van der Waals surface area contributed by atoms with Gasteiger partial charge in [-0.15, -0.1) is 0 Å². The van der Waals surface area contributed by atoms with Gasteiger partial charge in [0.25, 0.3) is 5.91 Å². The third kappa shape index (κ3) is 5.83. The first-order valence-electron chi connectivity index (χ1n) is 13.1. The van der Waals surface area contributed by atoms with Crippen LogP contribution in [0.2, 0.25) is 0 Å². The van der Waals surface area contributed by atoms with E-state index < -0.39 is 0 Å². The number of hydrogen-bond donors (Lipinski definition) is 2. The van der Waals surface area contributed by atoms with Gasteiger partial charge in [0.05, 0.1) is 17.3 Å². The molecule has 4 bridgehead atoms. The molecule has 0 radical (unpaired) electrons. The van der Waals surface area contributed by atoms with Gasteiger partial charge in [-0.3, -0.25) is 9.52 Å². The molecule has 0 unspecified atom stereocenters. The van der Waals surface area contributed by atoms with Gasteiger partial charge in [0, 0.05) is 35.1 Å². The highest BCUT2D eigenvalue weighted by Crippen LogP contribution is 2.41. The van der Waals surface area contributed by atoms with Crippen molar-refractivity contribution >= 4 is 45.4 Å². The number of rotatable bonds is 1. The summed E-state index contributed by atoms with van der Waals surface area (Å²) in [5, 5.41) is 4.33. The van der Waals surface area contributed by atoms with Crippen LogP contribution in [0.1, 0.15) is 81.7 Å². The fourth-order valence-corrected chi connectivity index (χ4v) is 6.36. The maximum atomic E-state index is 13.5. The van der Waals surface area contributed by atoms with E-state index in [1.54, 1.807) is 0 Å². The maximum Gasteiger partial charge on any atom is 0.265 e. The van der Waals surface area contributed by atoms with E-state index in [2.05, 4.69) is 71.6 Å². The average Bonchev–Trinajstić information content (AvgIpc) is 3.17. The Bertz CT molecular complexity index is 1340. The molecule has 2 N–H and O–H groups in total. The summed E-state index contributed by atoms with van der Waals surface area (Å²) >= 11 is 4.76. The summed E-state index contributed by atoms with van der Waals surface area (Å²) in [5.41, 5.74) is 2.30. The molecule has 0 aliphatic carbocycles. The fourth-order valence-electron chi connectivity index (χ4n) is 5.40. The first-order valence-corrected chi connectivity index (χ1v) is 14.7. The van der Waals surface area contributed by atoms with E-state index in [-0.39, 0.29) is 22.9 Å². The van der Waals surface area contributed by atoms with Gasteiger partial charge in [0.2, 0.25) is 0 Å². The molecule has 1 fully saturated rings. The zero-order valence-corrected chi connectivity index (χ0v) is 25.0. The molecule has 0 saturated carbocycles. The number of amides is 1. The van der Waals surface area contributed by atoms with Gasteiger partial charge in [-0.05, 0) is 91.4 Å². The molecular weight excluding hydrogens is 560 g/mol. The zero-order valence-electron chi connectivity index (χ0n) is 22.6. The topological polar surface area (TPSA) is 83.0 Å². The van der Waals surface area contributed by atoms with E-state index in [9.17, 15) is 4.79 Å². The van der Waals surface area contributed by atoms with Crippen LogP contribution in [0.3, 0.4) is 0 Å². The number of nitrogens with one attached hydrogen (secondary N) is 2. The Kier molecular flexibility index (Phi) is 7.44. The fraction of sp³-hybridized carbons (Fsp3) is 0.448. The van der Waals surface area contributed by atoms with Crippen LogP contribution in [0.15, 0.2) is 58.2 Å². The maximum absolute atomic E-state index is 13.5. The summed E-state index contributed by atoms with van der Waals surface area (Å²) in [7, 11) is 0. The average molecular weight is 596 g/mol. The van der Waals surface area contributed by atoms with Crippen molar-refractivity contribution in [2.24, 2.45) is 5.92 Å². The lowest BCUT2D eigenvalue weighted by molar-refractivity contribution is 0.0984. The highest BCUT2D eigenvalue weighted by molar-refractivity contribution is 9.10. The van der Waals surface area contributed by atoms with Crippen LogP contribution in [-0.2, 0) is 5.41 Å². The summed E-state index contributed by atoms with van der Waals surface area (Å²) < 4.78 is 3.83. The number of nitrogens with zero attached hydrogens (tertiary/aromatic N) is 4. The SMILES string of the molecule is CC(C)(C)c1ccc2c(n1)N1C[C@@H](CC[C@H](c3cccc(Br)n3)Nc3cccc(n3)SNC2=O)CC1(C)C. The van der Waals surface area contributed by atoms with Gasteiger partial charge in [0.15, 0.2) is 0 Å².